The first kappa shape index (κ1) is 20.2. The molecule has 4 rings (SSSR count). The molecule has 3 heterocycles. The van der Waals surface area contributed by atoms with Crippen molar-refractivity contribution in [2.24, 2.45) is 5.92 Å². The first-order valence-electron chi connectivity index (χ1n) is 10.6. The Morgan fingerprint density at radius 3 is 2.97 bits per heavy atom. The molecule has 158 valence electrons. The maximum atomic E-state index is 12.5. The highest BCUT2D eigenvalue weighted by Crippen LogP contribution is 2.25. The minimum atomic E-state index is 0.217. The van der Waals surface area contributed by atoms with Gasteiger partial charge in [-0.3, -0.25) is 4.79 Å². The van der Waals surface area contributed by atoms with Crippen LogP contribution in [-0.2, 0) is 4.79 Å². The average Bonchev–Trinajstić information content (AvgIpc) is 3.38. The van der Waals surface area contributed by atoms with E-state index in [1.165, 1.54) is 0 Å². The second kappa shape index (κ2) is 8.73. The Bertz CT molecular complexity index is 1030. The molecule has 0 aliphatic carbocycles. The Morgan fingerprint density at radius 1 is 1.30 bits per heavy atom. The highest BCUT2D eigenvalue weighted by atomic mass is 16.5. The summed E-state index contributed by atoms with van der Waals surface area (Å²) in [5, 5.41) is 8.17. The predicted octanol–water partition coefficient (Wildman–Crippen LogP) is 3.85. The van der Waals surface area contributed by atoms with E-state index in [1.807, 2.05) is 52.0 Å². The van der Waals surface area contributed by atoms with Crippen LogP contribution < -0.4 is 10.1 Å². The van der Waals surface area contributed by atoms with Crippen LogP contribution in [0.4, 0.5) is 5.82 Å². The van der Waals surface area contributed by atoms with Gasteiger partial charge in [-0.1, -0.05) is 26.0 Å². The zero-order valence-corrected chi connectivity index (χ0v) is 17.8. The summed E-state index contributed by atoms with van der Waals surface area (Å²) < 4.78 is 7.18. The topological polar surface area (TPSA) is 71.8 Å². The van der Waals surface area contributed by atoms with Crippen molar-refractivity contribution >= 4 is 17.4 Å². The number of carbonyl (C=O) groups excluding carboxylic acids is 1. The Hall–Kier alpha value is -3.09. The third-order valence-electron chi connectivity index (χ3n) is 5.53. The van der Waals surface area contributed by atoms with E-state index in [0.29, 0.717) is 18.9 Å². The van der Waals surface area contributed by atoms with Gasteiger partial charge in [0.15, 0.2) is 5.65 Å². The molecule has 0 saturated carbocycles. The van der Waals surface area contributed by atoms with Gasteiger partial charge in [0.05, 0.1) is 19.0 Å². The molecule has 3 aromatic rings. The van der Waals surface area contributed by atoms with Crippen LogP contribution in [0.2, 0.25) is 0 Å². The Balaban J connectivity index is 1.50. The highest BCUT2D eigenvalue weighted by Gasteiger charge is 2.28. The van der Waals surface area contributed by atoms with Crippen molar-refractivity contribution in [2.45, 2.75) is 39.2 Å². The quantitative estimate of drug-likeness (QED) is 0.644. The van der Waals surface area contributed by atoms with Crippen LogP contribution >= 0.6 is 0 Å². The first-order chi connectivity index (χ1) is 14.5. The fraction of sp³-hybridized carbons (Fsp3) is 0.435. The molecule has 0 spiro atoms. The molecule has 1 N–H and O–H groups in total. The Morgan fingerprint density at radius 2 is 2.17 bits per heavy atom. The molecule has 1 saturated heterocycles. The predicted molar refractivity (Wildman–Crippen MR) is 118 cm³/mol. The minimum absolute atomic E-state index is 0.217. The Kier molecular flexibility index (Phi) is 5.88. The van der Waals surface area contributed by atoms with Crippen LogP contribution in [0.15, 0.2) is 42.6 Å². The highest BCUT2D eigenvalue weighted by molar-refractivity contribution is 5.77. The number of methoxy groups -OCH3 is 1. The summed E-state index contributed by atoms with van der Waals surface area (Å²) in [6, 6.07) is 12.0. The molecule has 0 bridgehead atoms. The van der Waals surface area contributed by atoms with Gasteiger partial charge >= 0.3 is 0 Å². The molecule has 0 unspecified atom stereocenters. The van der Waals surface area contributed by atoms with Gasteiger partial charge in [0, 0.05) is 31.1 Å². The van der Waals surface area contributed by atoms with E-state index < -0.39 is 0 Å². The third kappa shape index (κ3) is 4.25. The molecule has 30 heavy (non-hydrogen) atoms. The van der Waals surface area contributed by atoms with E-state index in [0.717, 1.165) is 47.9 Å². The number of hydrogen-bond donors (Lipinski definition) is 1. The largest absolute Gasteiger partial charge is 0.497 e. The summed E-state index contributed by atoms with van der Waals surface area (Å²) in [5.74, 6) is 2.21. The van der Waals surface area contributed by atoms with E-state index in [1.54, 1.807) is 7.11 Å². The molecule has 0 radical (unpaired) electrons. The number of carbonyl (C=O) groups is 1. The number of nitrogens with one attached hydrogen (secondary N) is 1. The van der Waals surface area contributed by atoms with E-state index in [-0.39, 0.29) is 11.9 Å². The zero-order chi connectivity index (χ0) is 21.1. The van der Waals surface area contributed by atoms with Crippen LogP contribution in [0.5, 0.6) is 5.75 Å². The summed E-state index contributed by atoms with van der Waals surface area (Å²) in [4.78, 5) is 19.0. The van der Waals surface area contributed by atoms with Gasteiger partial charge < -0.3 is 15.0 Å². The lowest BCUT2D eigenvalue weighted by Gasteiger charge is -2.26. The summed E-state index contributed by atoms with van der Waals surface area (Å²) >= 11 is 0. The zero-order valence-electron chi connectivity index (χ0n) is 17.8. The summed E-state index contributed by atoms with van der Waals surface area (Å²) in [6.45, 7) is 5.73. The maximum absolute atomic E-state index is 12.5. The van der Waals surface area contributed by atoms with Gasteiger partial charge in [-0.15, -0.1) is 5.10 Å². The van der Waals surface area contributed by atoms with E-state index in [9.17, 15) is 4.79 Å². The third-order valence-corrected chi connectivity index (χ3v) is 5.53. The van der Waals surface area contributed by atoms with Gasteiger partial charge in [-0.05, 0) is 43.0 Å². The molecule has 7 heteroatoms. The number of ether oxygens (including phenoxy) is 1. The lowest BCUT2D eigenvalue weighted by molar-refractivity contribution is -0.132. The number of nitrogens with zero attached hydrogens (tertiary/aromatic N) is 4. The Labute approximate surface area is 177 Å². The molecule has 1 aliphatic heterocycles. The number of hydrogen-bond acceptors (Lipinski definition) is 5. The van der Waals surface area contributed by atoms with Crippen LogP contribution in [0.3, 0.4) is 0 Å². The van der Waals surface area contributed by atoms with Crippen LogP contribution in [0, 0.1) is 5.92 Å². The smallest absolute Gasteiger partial charge is 0.223 e. The van der Waals surface area contributed by atoms with Crippen LogP contribution in [0.1, 0.15) is 33.1 Å². The number of aromatic nitrogens is 3. The van der Waals surface area contributed by atoms with Crippen LogP contribution in [0.25, 0.3) is 16.9 Å². The van der Waals surface area contributed by atoms with E-state index in [4.69, 9.17) is 9.84 Å². The first-order valence-corrected chi connectivity index (χ1v) is 10.6. The van der Waals surface area contributed by atoms with Gasteiger partial charge in [0.25, 0.3) is 0 Å². The lowest BCUT2D eigenvalue weighted by Crippen LogP contribution is -2.40. The molecule has 1 amide bonds. The lowest BCUT2D eigenvalue weighted by atomic mass is 10.1. The number of amides is 1. The van der Waals surface area contributed by atoms with Crippen molar-refractivity contribution in [3.63, 3.8) is 0 Å². The van der Waals surface area contributed by atoms with Crippen molar-refractivity contribution in [1.82, 2.24) is 19.5 Å². The number of anilines is 1. The number of fused-ring (bicyclic) bond motifs is 1. The second-order valence-electron chi connectivity index (χ2n) is 8.23. The summed E-state index contributed by atoms with van der Waals surface area (Å²) in [6.07, 6.45) is 4.52. The van der Waals surface area contributed by atoms with E-state index in [2.05, 4.69) is 24.1 Å². The number of likely N-dealkylation sites (tertiary alicyclic amines) is 1. The molecular weight excluding hydrogens is 378 g/mol. The van der Waals surface area contributed by atoms with Crippen molar-refractivity contribution in [1.29, 1.82) is 0 Å². The second-order valence-corrected chi connectivity index (χ2v) is 8.23. The number of benzene rings is 1. The SMILES string of the molecule is COc1cccc(-c2cnc3ccc(NC[C@@H]4CCCN4C(=O)CC(C)C)nn23)c1. The standard InChI is InChI=1S/C23H29N5O2/c1-16(2)12-23(29)27-11-5-7-18(27)14-24-21-9-10-22-25-15-20(28(22)26-21)17-6-4-8-19(13-17)30-3/h4,6,8-10,13,15-16,18H,5,7,11-12,14H2,1-3H3,(H,24,26)/t18-/m0/s1. The molecule has 7 nitrogen and oxygen atoms in total. The number of imidazole rings is 1. The minimum Gasteiger partial charge on any atom is -0.497 e. The van der Waals surface area contributed by atoms with Gasteiger partial charge in [-0.2, -0.15) is 0 Å². The van der Waals surface area contributed by atoms with E-state index >= 15 is 0 Å². The van der Waals surface area contributed by atoms with Crippen molar-refractivity contribution in [2.75, 3.05) is 25.5 Å². The fourth-order valence-corrected chi connectivity index (χ4v) is 4.01. The molecule has 1 aromatic carbocycles. The normalized spacial score (nSPS) is 16.4. The average molecular weight is 408 g/mol. The molecule has 1 aliphatic rings. The molecular formula is C23H29N5O2. The monoisotopic (exact) mass is 407 g/mol. The van der Waals surface area contributed by atoms with Gasteiger partial charge in [0.2, 0.25) is 5.91 Å². The summed E-state index contributed by atoms with van der Waals surface area (Å²) in [5.41, 5.74) is 2.68. The van der Waals surface area contributed by atoms with Gasteiger partial charge in [-0.25, -0.2) is 9.50 Å². The van der Waals surface area contributed by atoms with Gasteiger partial charge in [0.1, 0.15) is 11.6 Å². The summed E-state index contributed by atoms with van der Waals surface area (Å²) in [7, 11) is 1.66. The number of rotatable bonds is 7. The molecule has 1 fully saturated rings. The molecule has 2 aromatic heterocycles. The fourth-order valence-electron chi connectivity index (χ4n) is 4.01. The van der Waals surface area contributed by atoms with Crippen molar-refractivity contribution in [3.8, 4) is 17.0 Å². The maximum Gasteiger partial charge on any atom is 0.223 e. The van der Waals surface area contributed by atoms with Crippen molar-refractivity contribution < 1.29 is 9.53 Å². The molecule has 1 atom stereocenters. The van der Waals surface area contributed by atoms with Crippen LogP contribution in [-0.4, -0.2) is 51.6 Å². The van der Waals surface area contributed by atoms with Crippen molar-refractivity contribution in [3.05, 3.63) is 42.6 Å².